The average Bonchev–Trinajstić information content (AvgIpc) is 2.47. The number of halogens is 2. The van der Waals surface area contributed by atoms with E-state index < -0.39 is 12.0 Å². The van der Waals surface area contributed by atoms with E-state index >= 15 is 0 Å². The molecule has 72 valence electrons. The minimum absolute atomic E-state index is 0.00532. The zero-order valence-corrected chi connectivity index (χ0v) is 7.13. The SMILES string of the molecule is Fc1cn(C2CCCNC2)c(F)n1. The van der Waals surface area contributed by atoms with Crippen LogP contribution in [-0.4, -0.2) is 22.6 Å². The van der Waals surface area contributed by atoms with Crippen molar-refractivity contribution >= 4 is 0 Å². The van der Waals surface area contributed by atoms with Crippen LogP contribution < -0.4 is 5.32 Å². The fourth-order valence-electron chi connectivity index (χ4n) is 1.67. The van der Waals surface area contributed by atoms with Gasteiger partial charge in [-0.2, -0.15) is 13.8 Å². The quantitative estimate of drug-likeness (QED) is 0.713. The maximum absolute atomic E-state index is 13.0. The van der Waals surface area contributed by atoms with Crippen LogP contribution in [0, 0.1) is 12.0 Å². The Hall–Kier alpha value is -0.970. The molecular formula is C8H11F2N3. The van der Waals surface area contributed by atoms with Crippen molar-refractivity contribution in [1.29, 1.82) is 0 Å². The zero-order valence-electron chi connectivity index (χ0n) is 7.13. The normalized spacial score (nSPS) is 23.4. The van der Waals surface area contributed by atoms with Gasteiger partial charge in [0, 0.05) is 12.6 Å². The van der Waals surface area contributed by atoms with Crippen molar-refractivity contribution in [3.8, 4) is 0 Å². The maximum atomic E-state index is 13.0. The predicted octanol–water partition coefficient (Wildman–Crippen LogP) is 1.09. The second-order valence-electron chi connectivity index (χ2n) is 3.24. The first-order valence-corrected chi connectivity index (χ1v) is 4.38. The summed E-state index contributed by atoms with van der Waals surface area (Å²) < 4.78 is 26.8. The number of aromatic nitrogens is 2. The predicted molar refractivity (Wildman–Crippen MR) is 43.3 cm³/mol. The molecule has 1 atom stereocenters. The standard InChI is InChI=1S/C8H11F2N3/c9-7-5-13(8(10)12-7)6-2-1-3-11-4-6/h5-6,11H,1-4H2. The van der Waals surface area contributed by atoms with E-state index in [9.17, 15) is 8.78 Å². The molecule has 1 aromatic rings. The lowest BCUT2D eigenvalue weighted by atomic mass is 10.1. The first-order valence-electron chi connectivity index (χ1n) is 4.38. The number of rotatable bonds is 1. The van der Waals surface area contributed by atoms with Gasteiger partial charge in [-0.15, -0.1) is 0 Å². The van der Waals surface area contributed by atoms with Crippen LogP contribution >= 0.6 is 0 Å². The van der Waals surface area contributed by atoms with Crippen molar-refractivity contribution in [2.75, 3.05) is 13.1 Å². The molecule has 0 amide bonds. The Morgan fingerprint density at radius 2 is 2.38 bits per heavy atom. The lowest BCUT2D eigenvalue weighted by Crippen LogP contribution is -2.32. The summed E-state index contributed by atoms with van der Waals surface area (Å²) in [5.74, 6) is -0.747. The highest BCUT2D eigenvalue weighted by molar-refractivity contribution is 4.88. The zero-order chi connectivity index (χ0) is 9.26. The third-order valence-electron chi connectivity index (χ3n) is 2.32. The molecule has 0 radical (unpaired) electrons. The first-order chi connectivity index (χ1) is 6.27. The molecule has 0 saturated carbocycles. The fourth-order valence-corrected chi connectivity index (χ4v) is 1.67. The summed E-state index contributed by atoms with van der Waals surface area (Å²) in [6, 6.07) is 0.00532. The highest BCUT2D eigenvalue weighted by Crippen LogP contribution is 2.18. The molecule has 0 aromatic carbocycles. The van der Waals surface area contributed by atoms with E-state index in [0.717, 1.165) is 25.6 Å². The third kappa shape index (κ3) is 1.70. The lowest BCUT2D eigenvalue weighted by molar-refractivity contribution is 0.327. The highest BCUT2D eigenvalue weighted by atomic mass is 19.1. The summed E-state index contributed by atoms with van der Waals surface area (Å²) in [5.41, 5.74) is 0. The van der Waals surface area contributed by atoms with E-state index in [1.165, 1.54) is 4.57 Å². The molecular weight excluding hydrogens is 176 g/mol. The molecule has 13 heavy (non-hydrogen) atoms. The summed E-state index contributed by atoms with van der Waals surface area (Å²) in [4.78, 5) is 3.09. The molecule has 1 fully saturated rings. The molecule has 1 N–H and O–H groups in total. The van der Waals surface area contributed by atoms with Gasteiger partial charge in [-0.25, -0.2) is 0 Å². The second-order valence-corrected chi connectivity index (χ2v) is 3.24. The van der Waals surface area contributed by atoms with E-state index in [0.29, 0.717) is 6.54 Å². The van der Waals surface area contributed by atoms with Crippen LogP contribution in [0.2, 0.25) is 0 Å². The van der Waals surface area contributed by atoms with Gasteiger partial charge < -0.3 is 9.88 Å². The van der Waals surface area contributed by atoms with Gasteiger partial charge in [-0.05, 0) is 19.4 Å². The third-order valence-corrected chi connectivity index (χ3v) is 2.32. The maximum Gasteiger partial charge on any atom is 0.292 e. The van der Waals surface area contributed by atoms with Gasteiger partial charge in [0.1, 0.15) is 0 Å². The Morgan fingerprint density at radius 3 is 2.92 bits per heavy atom. The van der Waals surface area contributed by atoms with Crippen LogP contribution in [0.25, 0.3) is 0 Å². The van der Waals surface area contributed by atoms with Gasteiger partial charge in [-0.3, -0.25) is 0 Å². The molecule has 2 heterocycles. The topological polar surface area (TPSA) is 29.9 Å². The Morgan fingerprint density at radius 1 is 1.54 bits per heavy atom. The monoisotopic (exact) mass is 187 g/mol. The fraction of sp³-hybridized carbons (Fsp3) is 0.625. The number of nitrogens with zero attached hydrogens (tertiary/aromatic N) is 2. The molecule has 1 aromatic heterocycles. The van der Waals surface area contributed by atoms with E-state index in [4.69, 9.17) is 0 Å². The number of hydrogen-bond acceptors (Lipinski definition) is 2. The van der Waals surface area contributed by atoms with E-state index in [2.05, 4.69) is 10.3 Å². The Kier molecular flexibility index (Phi) is 2.26. The summed E-state index contributed by atoms with van der Waals surface area (Å²) in [7, 11) is 0. The molecule has 0 bridgehead atoms. The van der Waals surface area contributed by atoms with Crippen LogP contribution in [-0.2, 0) is 0 Å². The molecule has 1 aliphatic heterocycles. The van der Waals surface area contributed by atoms with Gasteiger partial charge in [0.15, 0.2) is 0 Å². The van der Waals surface area contributed by atoms with Crippen LogP contribution in [0.5, 0.6) is 0 Å². The van der Waals surface area contributed by atoms with Gasteiger partial charge >= 0.3 is 0 Å². The lowest BCUT2D eigenvalue weighted by Gasteiger charge is -2.23. The molecule has 0 spiro atoms. The van der Waals surface area contributed by atoms with Crippen molar-refractivity contribution < 1.29 is 8.78 Å². The minimum Gasteiger partial charge on any atom is -0.315 e. The van der Waals surface area contributed by atoms with Gasteiger partial charge in [0.05, 0.1) is 6.20 Å². The summed E-state index contributed by atoms with van der Waals surface area (Å²) >= 11 is 0. The molecule has 0 aliphatic carbocycles. The number of piperidine rings is 1. The molecule has 1 saturated heterocycles. The average molecular weight is 187 g/mol. The largest absolute Gasteiger partial charge is 0.315 e. The summed E-state index contributed by atoms with van der Waals surface area (Å²) in [6.45, 7) is 1.64. The number of imidazole rings is 1. The van der Waals surface area contributed by atoms with Crippen LogP contribution in [0.4, 0.5) is 8.78 Å². The van der Waals surface area contributed by atoms with Crippen molar-refractivity contribution in [3.63, 3.8) is 0 Å². The second kappa shape index (κ2) is 3.41. The summed E-state index contributed by atoms with van der Waals surface area (Å²) in [6.07, 6.45) is 2.25. The minimum atomic E-state index is -0.747. The first kappa shape index (κ1) is 8.62. The summed E-state index contributed by atoms with van der Waals surface area (Å²) in [5, 5.41) is 3.13. The molecule has 1 unspecified atom stereocenters. The highest BCUT2D eigenvalue weighted by Gasteiger charge is 2.18. The number of nitrogens with one attached hydrogen (secondary N) is 1. The van der Waals surface area contributed by atoms with Crippen molar-refractivity contribution in [3.05, 3.63) is 18.2 Å². The van der Waals surface area contributed by atoms with Gasteiger partial charge in [-0.1, -0.05) is 0 Å². The van der Waals surface area contributed by atoms with Crippen LogP contribution in [0.3, 0.4) is 0 Å². The van der Waals surface area contributed by atoms with Crippen molar-refractivity contribution in [2.45, 2.75) is 18.9 Å². The van der Waals surface area contributed by atoms with Crippen molar-refractivity contribution in [1.82, 2.24) is 14.9 Å². The number of hydrogen-bond donors (Lipinski definition) is 1. The Bertz CT molecular complexity index is 292. The molecule has 3 nitrogen and oxygen atoms in total. The van der Waals surface area contributed by atoms with Crippen LogP contribution in [0.1, 0.15) is 18.9 Å². The smallest absolute Gasteiger partial charge is 0.292 e. The molecule has 5 heteroatoms. The Labute approximate surface area is 74.8 Å². The van der Waals surface area contributed by atoms with Gasteiger partial charge in [0.2, 0.25) is 5.95 Å². The van der Waals surface area contributed by atoms with E-state index in [1.54, 1.807) is 0 Å². The molecule has 2 rings (SSSR count). The van der Waals surface area contributed by atoms with Crippen LogP contribution in [0.15, 0.2) is 6.20 Å². The van der Waals surface area contributed by atoms with E-state index in [1.807, 2.05) is 0 Å². The Balaban J connectivity index is 2.18. The van der Waals surface area contributed by atoms with Gasteiger partial charge in [0.25, 0.3) is 6.08 Å². The molecule has 1 aliphatic rings. The van der Waals surface area contributed by atoms with E-state index in [-0.39, 0.29) is 6.04 Å². The van der Waals surface area contributed by atoms with Crippen molar-refractivity contribution in [2.24, 2.45) is 0 Å².